The average molecular weight is 452 g/mol. The van der Waals surface area contributed by atoms with Gasteiger partial charge in [-0.2, -0.15) is 4.31 Å². The summed E-state index contributed by atoms with van der Waals surface area (Å²) in [5.41, 5.74) is 1.44. The third kappa shape index (κ3) is 5.59. The molecule has 2 aromatic rings. The number of amides is 1. The number of nitrogens with one attached hydrogen (secondary N) is 1. The molecule has 7 nitrogen and oxygen atoms in total. The Balaban J connectivity index is 1.66. The Morgan fingerprint density at radius 3 is 2.60 bits per heavy atom. The van der Waals surface area contributed by atoms with Crippen molar-refractivity contribution in [3.8, 4) is 0 Å². The number of carbonyl (C=O) groups is 1. The van der Waals surface area contributed by atoms with Crippen LogP contribution in [0, 0.1) is 0 Å². The molecule has 2 aromatic carbocycles. The lowest BCUT2D eigenvalue weighted by atomic mass is 10.2. The van der Waals surface area contributed by atoms with Crippen molar-refractivity contribution >= 4 is 33.2 Å². The van der Waals surface area contributed by atoms with Crippen LogP contribution in [-0.4, -0.2) is 62.9 Å². The average Bonchev–Trinajstić information content (AvgIpc) is 2.74. The molecule has 1 amide bonds. The van der Waals surface area contributed by atoms with Gasteiger partial charge < -0.3 is 10.1 Å². The lowest BCUT2D eigenvalue weighted by Crippen LogP contribution is -2.40. The molecule has 0 radical (unpaired) electrons. The predicted octanol–water partition coefficient (Wildman–Crippen LogP) is 2.82. The number of hydrogen-bond donors (Lipinski definition) is 1. The van der Waals surface area contributed by atoms with E-state index in [0.29, 0.717) is 43.6 Å². The number of nitrogens with zero attached hydrogens (tertiary/aromatic N) is 2. The maximum absolute atomic E-state index is 12.8. The monoisotopic (exact) mass is 451 g/mol. The first-order valence-corrected chi connectivity index (χ1v) is 11.5. The Bertz CT molecular complexity index is 993. The van der Waals surface area contributed by atoms with Gasteiger partial charge in [0.15, 0.2) is 0 Å². The molecule has 30 heavy (non-hydrogen) atoms. The van der Waals surface area contributed by atoms with E-state index in [0.717, 1.165) is 5.56 Å². The number of sulfonamides is 1. The third-order valence-electron chi connectivity index (χ3n) is 5.07. The fraction of sp³-hybridized carbons (Fsp3) is 0.381. The predicted molar refractivity (Wildman–Crippen MR) is 117 cm³/mol. The van der Waals surface area contributed by atoms with Crippen molar-refractivity contribution in [2.45, 2.75) is 24.4 Å². The van der Waals surface area contributed by atoms with Gasteiger partial charge in [0.1, 0.15) is 0 Å². The van der Waals surface area contributed by atoms with Crippen molar-refractivity contribution in [2.75, 3.05) is 38.7 Å². The lowest BCUT2D eigenvalue weighted by molar-refractivity contribution is -0.120. The van der Waals surface area contributed by atoms with Gasteiger partial charge >= 0.3 is 0 Å². The van der Waals surface area contributed by atoms with E-state index in [1.807, 2.05) is 30.1 Å². The summed E-state index contributed by atoms with van der Waals surface area (Å²) in [6, 6.07) is 13.4. The number of carbonyl (C=O) groups excluding carboxylic acids is 1. The van der Waals surface area contributed by atoms with Gasteiger partial charge in [0.2, 0.25) is 15.9 Å². The summed E-state index contributed by atoms with van der Waals surface area (Å²) < 4.78 is 32.3. The lowest BCUT2D eigenvalue weighted by Gasteiger charge is -2.26. The Hall–Kier alpha value is -1.97. The van der Waals surface area contributed by atoms with Crippen molar-refractivity contribution in [1.29, 1.82) is 0 Å². The van der Waals surface area contributed by atoms with Gasteiger partial charge in [-0.3, -0.25) is 9.69 Å². The van der Waals surface area contributed by atoms with Gasteiger partial charge in [-0.15, -0.1) is 0 Å². The molecule has 1 unspecified atom stereocenters. The summed E-state index contributed by atoms with van der Waals surface area (Å²) in [5, 5.41) is 3.47. The second-order valence-corrected chi connectivity index (χ2v) is 9.63. The summed E-state index contributed by atoms with van der Waals surface area (Å²) in [6.45, 7) is 3.77. The number of likely N-dealkylation sites (N-methyl/N-ethyl adjacent to an activating group) is 1. The van der Waals surface area contributed by atoms with E-state index in [2.05, 4.69) is 5.32 Å². The van der Waals surface area contributed by atoms with Gasteiger partial charge in [-0.05, 0) is 49.9 Å². The molecule has 0 aliphatic carbocycles. The van der Waals surface area contributed by atoms with Gasteiger partial charge in [0, 0.05) is 30.3 Å². The quantitative estimate of drug-likeness (QED) is 0.700. The molecule has 9 heteroatoms. The molecule has 1 fully saturated rings. The van der Waals surface area contributed by atoms with Gasteiger partial charge in [-0.1, -0.05) is 29.8 Å². The minimum atomic E-state index is -3.62. The molecule has 0 aromatic heterocycles. The maximum Gasteiger partial charge on any atom is 0.243 e. The molecule has 1 saturated heterocycles. The molecule has 1 aliphatic rings. The molecule has 0 saturated carbocycles. The molecule has 0 bridgehead atoms. The van der Waals surface area contributed by atoms with Crippen LogP contribution in [0.1, 0.15) is 12.5 Å². The highest BCUT2D eigenvalue weighted by Gasteiger charge is 2.27. The van der Waals surface area contributed by atoms with E-state index in [1.165, 1.54) is 16.4 Å². The van der Waals surface area contributed by atoms with E-state index >= 15 is 0 Å². The van der Waals surface area contributed by atoms with Crippen molar-refractivity contribution in [2.24, 2.45) is 0 Å². The van der Waals surface area contributed by atoms with Crippen LogP contribution in [0.3, 0.4) is 0 Å². The van der Waals surface area contributed by atoms with E-state index < -0.39 is 16.1 Å². The van der Waals surface area contributed by atoms with E-state index in [-0.39, 0.29) is 10.8 Å². The number of benzene rings is 2. The molecule has 0 spiro atoms. The number of halogens is 1. The number of morpholine rings is 1. The maximum atomic E-state index is 12.8. The molecule has 1 heterocycles. The fourth-order valence-electron chi connectivity index (χ4n) is 3.18. The summed E-state index contributed by atoms with van der Waals surface area (Å²) >= 11 is 6.03. The summed E-state index contributed by atoms with van der Waals surface area (Å²) in [7, 11) is -1.77. The molecule has 1 atom stereocenters. The first-order chi connectivity index (χ1) is 14.3. The smallest absolute Gasteiger partial charge is 0.243 e. The molecule has 1 N–H and O–H groups in total. The Kier molecular flexibility index (Phi) is 7.49. The number of anilines is 1. The van der Waals surface area contributed by atoms with Crippen LogP contribution >= 0.6 is 11.6 Å². The standard InChI is InChI=1S/C21H26ClN3O4S/c1-16(24(2)15-17-5-3-6-18(22)13-17)21(26)23-19-7-4-8-20(14-19)30(27,28)25-9-11-29-12-10-25/h3-8,13-14,16H,9-12,15H2,1-2H3,(H,23,26). The second-order valence-electron chi connectivity index (χ2n) is 7.25. The van der Waals surface area contributed by atoms with Crippen LogP contribution < -0.4 is 5.32 Å². The van der Waals surface area contributed by atoms with Gasteiger partial charge in [0.05, 0.1) is 24.2 Å². The Labute approximate surface area is 182 Å². The minimum absolute atomic E-state index is 0.155. The topological polar surface area (TPSA) is 79.0 Å². The first kappa shape index (κ1) is 22.7. The van der Waals surface area contributed by atoms with Gasteiger partial charge in [0.25, 0.3) is 0 Å². The van der Waals surface area contributed by atoms with E-state index in [1.54, 1.807) is 25.1 Å². The molecule has 3 rings (SSSR count). The van der Waals surface area contributed by atoms with Crippen molar-refractivity contribution < 1.29 is 17.9 Å². The normalized spacial score (nSPS) is 16.4. The summed E-state index contributed by atoms with van der Waals surface area (Å²) in [5.74, 6) is -0.222. The van der Waals surface area contributed by atoms with Crippen LogP contribution in [0.15, 0.2) is 53.4 Å². The van der Waals surface area contributed by atoms with Crippen LogP contribution in [0.25, 0.3) is 0 Å². The highest BCUT2D eigenvalue weighted by atomic mass is 35.5. The van der Waals surface area contributed by atoms with Gasteiger partial charge in [-0.25, -0.2) is 8.42 Å². The third-order valence-corrected chi connectivity index (χ3v) is 7.20. The minimum Gasteiger partial charge on any atom is -0.379 e. The van der Waals surface area contributed by atoms with Crippen LogP contribution in [0.2, 0.25) is 5.02 Å². The van der Waals surface area contributed by atoms with Crippen molar-refractivity contribution in [1.82, 2.24) is 9.21 Å². The highest BCUT2D eigenvalue weighted by molar-refractivity contribution is 7.89. The summed E-state index contributed by atoms with van der Waals surface area (Å²) in [6.07, 6.45) is 0. The highest BCUT2D eigenvalue weighted by Crippen LogP contribution is 2.21. The zero-order valence-electron chi connectivity index (χ0n) is 17.0. The molecule has 1 aliphatic heterocycles. The van der Waals surface area contributed by atoms with Crippen molar-refractivity contribution in [3.05, 3.63) is 59.1 Å². The summed E-state index contributed by atoms with van der Waals surface area (Å²) in [4.78, 5) is 14.8. The van der Waals surface area contributed by atoms with E-state index in [4.69, 9.17) is 16.3 Å². The number of hydrogen-bond acceptors (Lipinski definition) is 5. The number of ether oxygens (including phenoxy) is 1. The second kappa shape index (κ2) is 9.89. The zero-order chi connectivity index (χ0) is 21.7. The molecular weight excluding hydrogens is 426 g/mol. The first-order valence-electron chi connectivity index (χ1n) is 9.71. The van der Waals surface area contributed by atoms with E-state index in [9.17, 15) is 13.2 Å². The molecule has 162 valence electrons. The van der Waals surface area contributed by atoms with Crippen LogP contribution in [0.4, 0.5) is 5.69 Å². The fourth-order valence-corrected chi connectivity index (χ4v) is 4.84. The van der Waals surface area contributed by atoms with Crippen LogP contribution in [-0.2, 0) is 26.1 Å². The SMILES string of the molecule is CC(C(=O)Nc1cccc(S(=O)(=O)N2CCOCC2)c1)N(C)Cc1cccc(Cl)c1. The Morgan fingerprint density at radius 1 is 1.20 bits per heavy atom. The largest absolute Gasteiger partial charge is 0.379 e. The Morgan fingerprint density at radius 2 is 1.90 bits per heavy atom. The zero-order valence-corrected chi connectivity index (χ0v) is 18.6. The van der Waals surface area contributed by atoms with Crippen molar-refractivity contribution in [3.63, 3.8) is 0 Å². The number of rotatable bonds is 7. The van der Waals surface area contributed by atoms with Crippen LogP contribution in [0.5, 0.6) is 0 Å². The molecular formula is C21H26ClN3O4S.